The van der Waals surface area contributed by atoms with Crippen LogP contribution >= 0.6 is 0 Å². The number of aromatic nitrogens is 1. The summed E-state index contributed by atoms with van der Waals surface area (Å²) in [6, 6.07) is 5.90. The quantitative estimate of drug-likeness (QED) is 0.609. The van der Waals surface area contributed by atoms with E-state index in [4.69, 9.17) is 4.74 Å². The summed E-state index contributed by atoms with van der Waals surface area (Å²) in [5.41, 5.74) is 0. The number of nitrogens with zero attached hydrogens (tertiary/aromatic N) is 4. The molecule has 2 aliphatic rings. The molecule has 1 aliphatic heterocycles. The van der Waals surface area contributed by atoms with Crippen LogP contribution in [0, 0.1) is 5.92 Å². The molecule has 1 saturated heterocycles. The highest BCUT2D eigenvalue weighted by Crippen LogP contribution is 2.29. The smallest absolute Gasteiger partial charge is 0.320 e. The van der Waals surface area contributed by atoms with E-state index in [1.54, 1.807) is 6.20 Å². The number of esters is 1. The zero-order chi connectivity index (χ0) is 19.1. The number of anilines is 1. The monoisotopic (exact) mass is 374 g/mol. The molecular formula is C20H30N4O3. The highest BCUT2D eigenvalue weighted by atomic mass is 16.5. The minimum Gasteiger partial charge on any atom is -0.465 e. The van der Waals surface area contributed by atoms with E-state index < -0.39 is 0 Å². The molecule has 1 aromatic rings. The maximum Gasteiger partial charge on any atom is 0.320 e. The number of pyridine rings is 1. The van der Waals surface area contributed by atoms with Crippen molar-refractivity contribution in [2.45, 2.75) is 26.2 Å². The van der Waals surface area contributed by atoms with E-state index in [9.17, 15) is 9.59 Å². The van der Waals surface area contributed by atoms with Gasteiger partial charge in [-0.1, -0.05) is 6.07 Å². The number of piperazine rings is 1. The lowest BCUT2D eigenvalue weighted by Crippen LogP contribution is -2.49. The Labute approximate surface area is 161 Å². The van der Waals surface area contributed by atoms with Crippen LogP contribution in [-0.4, -0.2) is 79.1 Å². The molecule has 3 rings (SSSR count). The van der Waals surface area contributed by atoms with Gasteiger partial charge in [-0.25, -0.2) is 4.98 Å². The standard InChI is InChI=1S/C20H30N4O3/c1-2-27-20(26)16-22(15-17-6-7-17)10-8-19(25)24-13-11-23(12-14-24)18-5-3-4-9-21-18/h3-5,9,17H,2,6-8,10-16H2,1H3. The Hall–Kier alpha value is -2.15. The lowest BCUT2D eigenvalue weighted by Gasteiger charge is -2.35. The Morgan fingerprint density at radius 1 is 1.22 bits per heavy atom. The highest BCUT2D eigenvalue weighted by molar-refractivity contribution is 5.77. The number of carbonyl (C=O) groups is 2. The van der Waals surface area contributed by atoms with Gasteiger partial charge in [-0.2, -0.15) is 0 Å². The van der Waals surface area contributed by atoms with Crippen LogP contribution in [0.5, 0.6) is 0 Å². The van der Waals surface area contributed by atoms with Crippen LogP contribution in [0.3, 0.4) is 0 Å². The number of hydrogen-bond donors (Lipinski definition) is 0. The molecule has 7 nitrogen and oxygen atoms in total. The summed E-state index contributed by atoms with van der Waals surface area (Å²) < 4.78 is 5.06. The first-order chi connectivity index (χ1) is 13.2. The largest absolute Gasteiger partial charge is 0.465 e. The van der Waals surface area contributed by atoms with Crippen molar-refractivity contribution >= 4 is 17.7 Å². The predicted molar refractivity (Wildman–Crippen MR) is 103 cm³/mol. The summed E-state index contributed by atoms with van der Waals surface area (Å²) in [6.45, 7) is 7.05. The number of hydrogen-bond acceptors (Lipinski definition) is 6. The summed E-state index contributed by atoms with van der Waals surface area (Å²) in [6.07, 6.45) is 4.70. The van der Waals surface area contributed by atoms with Crippen LogP contribution in [-0.2, 0) is 14.3 Å². The fourth-order valence-corrected chi connectivity index (χ4v) is 3.43. The molecule has 1 aliphatic carbocycles. The van der Waals surface area contributed by atoms with Gasteiger partial charge in [-0.15, -0.1) is 0 Å². The molecule has 27 heavy (non-hydrogen) atoms. The molecule has 7 heteroatoms. The predicted octanol–water partition coefficient (Wildman–Crippen LogP) is 1.40. The van der Waals surface area contributed by atoms with E-state index in [1.807, 2.05) is 30.0 Å². The zero-order valence-corrected chi connectivity index (χ0v) is 16.2. The topological polar surface area (TPSA) is 66.0 Å². The molecule has 1 aromatic heterocycles. The molecule has 148 valence electrons. The van der Waals surface area contributed by atoms with Crippen molar-refractivity contribution < 1.29 is 14.3 Å². The van der Waals surface area contributed by atoms with Gasteiger partial charge < -0.3 is 14.5 Å². The first-order valence-electron chi connectivity index (χ1n) is 9.97. The van der Waals surface area contributed by atoms with Gasteiger partial charge in [0.25, 0.3) is 0 Å². The van der Waals surface area contributed by atoms with Crippen molar-refractivity contribution in [3.05, 3.63) is 24.4 Å². The molecular weight excluding hydrogens is 344 g/mol. The van der Waals surface area contributed by atoms with Crippen LogP contribution in [0.25, 0.3) is 0 Å². The second-order valence-corrected chi connectivity index (χ2v) is 7.29. The van der Waals surface area contributed by atoms with Crippen molar-refractivity contribution in [1.29, 1.82) is 0 Å². The van der Waals surface area contributed by atoms with E-state index in [0.717, 1.165) is 38.5 Å². The van der Waals surface area contributed by atoms with Crippen molar-refractivity contribution in [2.75, 3.05) is 57.3 Å². The fourth-order valence-electron chi connectivity index (χ4n) is 3.43. The Bertz CT molecular complexity index is 613. The Balaban J connectivity index is 1.43. The van der Waals surface area contributed by atoms with Crippen LogP contribution in [0.4, 0.5) is 5.82 Å². The highest BCUT2D eigenvalue weighted by Gasteiger charge is 2.27. The molecule has 1 saturated carbocycles. The maximum absolute atomic E-state index is 12.6. The second-order valence-electron chi connectivity index (χ2n) is 7.29. The van der Waals surface area contributed by atoms with Crippen LogP contribution in [0.1, 0.15) is 26.2 Å². The average Bonchev–Trinajstić information content (AvgIpc) is 3.51. The van der Waals surface area contributed by atoms with Crippen LogP contribution in [0.2, 0.25) is 0 Å². The molecule has 0 spiro atoms. The van der Waals surface area contributed by atoms with E-state index in [1.165, 1.54) is 12.8 Å². The van der Waals surface area contributed by atoms with Gasteiger partial charge in [0.2, 0.25) is 5.91 Å². The van der Waals surface area contributed by atoms with Gasteiger partial charge >= 0.3 is 5.97 Å². The Morgan fingerprint density at radius 2 is 2.00 bits per heavy atom. The molecule has 2 fully saturated rings. The van der Waals surface area contributed by atoms with Gasteiger partial charge in [-0.05, 0) is 37.8 Å². The molecule has 2 heterocycles. The number of rotatable bonds is 9. The van der Waals surface area contributed by atoms with Gasteiger partial charge in [-0.3, -0.25) is 14.5 Å². The van der Waals surface area contributed by atoms with Gasteiger partial charge in [0, 0.05) is 51.9 Å². The van der Waals surface area contributed by atoms with Crippen molar-refractivity contribution in [3.8, 4) is 0 Å². The minimum absolute atomic E-state index is 0.167. The summed E-state index contributed by atoms with van der Waals surface area (Å²) in [5.74, 6) is 1.61. The number of carbonyl (C=O) groups excluding carboxylic acids is 2. The molecule has 0 aromatic carbocycles. The minimum atomic E-state index is -0.199. The van der Waals surface area contributed by atoms with E-state index in [2.05, 4.69) is 14.8 Å². The lowest BCUT2D eigenvalue weighted by molar-refractivity contribution is -0.145. The summed E-state index contributed by atoms with van der Waals surface area (Å²) in [5, 5.41) is 0. The van der Waals surface area contributed by atoms with Gasteiger partial charge in [0.1, 0.15) is 5.82 Å². The maximum atomic E-state index is 12.6. The molecule has 1 amide bonds. The van der Waals surface area contributed by atoms with Crippen molar-refractivity contribution in [2.24, 2.45) is 5.92 Å². The molecule has 0 atom stereocenters. The summed E-state index contributed by atoms with van der Waals surface area (Å²) >= 11 is 0. The molecule has 0 radical (unpaired) electrons. The third-order valence-corrected chi connectivity index (χ3v) is 5.12. The number of amides is 1. The molecule has 0 unspecified atom stereocenters. The van der Waals surface area contributed by atoms with Gasteiger partial charge in [0.05, 0.1) is 13.2 Å². The lowest BCUT2D eigenvalue weighted by atomic mass is 10.2. The first-order valence-corrected chi connectivity index (χ1v) is 9.97. The summed E-state index contributed by atoms with van der Waals surface area (Å²) in [7, 11) is 0. The SMILES string of the molecule is CCOC(=O)CN(CCC(=O)N1CCN(c2ccccn2)CC1)CC1CC1. The normalized spacial score (nSPS) is 17.3. The van der Waals surface area contributed by atoms with E-state index in [0.29, 0.717) is 25.5 Å². The van der Waals surface area contributed by atoms with Crippen LogP contribution < -0.4 is 4.90 Å². The van der Waals surface area contributed by atoms with Gasteiger partial charge in [0.15, 0.2) is 0 Å². The first kappa shape index (κ1) is 19.6. The van der Waals surface area contributed by atoms with Crippen molar-refractivity contribution in [1.82, 2.24) is 14.8 Å². The number of ether oxygens (including phenoxy) is 1. The summed E-state index contributed by atoms with van der Waals surface area (Å²) in [4.78, 5) is 35.0. The second kappa shape index (κ2) is 9.69. The fraction of sp³-hybridized carbons (Fsp3) is 0.650. The third-order valence-electron chi connectivity index (χ3n) is 5.12. The Kier molecular flexibility index (Phi) is 7.04. The average molecular weight is 374 g/mol. The zero-order valence-electron chi connectivity index (χ0n) is 16.2. The Morgan fingerprint density at radius 3 is 2.63 bits per heavy atom. The molecule has 0 bridgehead atoms. The van der Waals surface area contributed by atoms with Crippen LogP contribution in [0.15, 0.2) is 24.4 Å². The van der Waals surface area contributed by atoms with E-state index >= 15 is 0 Å². The van der Waals surface area contributed by atoms with E-state index in [-0.39, 0.29) is 18.4 Å². The molecule has 0 N–H and O–H groups in total. The third kappa shape index (κ3) is 6.20. The van der Waals surface area contributed by atoms with Crippen molar-refractivity contribution in [3.63, 3.8) is 0 Å².